The van der Waals surface area contributed by atoms with Gasteiger partial charge in [0.25, 0.3) is 0 Å². The van der Waals surface area contributed by atoms with E-state index in [1.54, 1.807) is 27.9 Å². The monoisotopic (exact) mass is 650 g/mol. The van der Waals surface area contributed by atoms with Crippen LogP contribution in [-0.4, -0.2) is 100 Å². The number of benzene rings is 1. The average molecular weight is 651 g/mol. The van der Waals surface area contributed by atoms with Crippen LogP contribution in [0.2, 0.25) is 0 Å². The summed E-state index contributed by atoms with van der Waals surface area (Å²) in [5.74, 6) is -1.59. The Kier molecular flexibility index (Phi) is 19.0. The molecule has 1 saturated heterocycles. The van der Waals surface area contributed by atoms with E-state index in [2.05, 4.69) is 10.6 Å². The van der Waals surface area contributed by atoms with Crippen LogP contribution >= 0.6 is 0 Å². The van der Waals surface area contributed by atoms with E-state index in [1.165, 1.54) is 9.80 Å². The minimum absolute atomic E-state index is 0.270. The zero-order chi connectivity index (χ0) is 34.7. The summed E-state index contributed by atoms with van der Waals surface area (Å²) >= 11 is 0. The molecule has 2 heterocycles. The minimum Gasteiger partial charge on any atom is -0.465 e. The fourth-order valence-corrected chi connectivity index (χ4v) is 5.09. The van der Waals surface area contributed by atoms with Crippen LogP contribution in [0.25, 0.3) is 0 Å². The van der Waals surface area contributed by atoms with Gasteiger partial charge in [-0.1, -0.05) is 63.8 Å². The second-order valence-corrected chi connectivity index (χ2v) is 12.1. The van der Waals surface area contributed by atoms with Gasteiger partial charge in [0.2, 0.25) is 11.8 Å². The number of nitrogens with zero attached hydrogens (tertiary/aromatic N) is 2. The zero-order valence-electron chi connectivity index (χ0n) is 28.4. The number of carbonyl (C=O) groups excluding carboxylic acids is 3. The number of rotatable bonds is 13. The van der Waals surface area contributed by atoms with Crippen molar-refractivity contribution in [3.8, 4) is 0 Å². The molecule has 14 heteroatoms. The summed E-state index contributed by atoms with van der Waals surface area (Å²) in [6, 6.07) is 7.11. The van der Waals surface area contributed by atoms with Crippen LogP contribution in [0.3, 0.4) is 0 Å². The molecule has 1 aromatic carbocycles. The quantitative estimate of drug-likeness (QED) is 0.157. The molecule has 0 bridgehead atoms. The van der Waals surface area contributed by atoms with Gasteiger partial charge in [0, 0.05) is 33.4 Å². The number of alkyl carbamates (subject to hydrolysis) is 1. The van der Waals surface area contributed by atoms with Crippen LogP contribution < -0.4 is 10.6 Å². The van der Waals surface area contributed by atoms with Crippen LogP contribution in [0.15, 0.2) is 24.3 Å². The minimum atomic E-state index is -1.67. The molecule has 1 aromatic rings. The molecule has 3 rings (SSSR count). The van der Waals surface area contributed by atoms with Crippen molar-refractivity contribution in [3.05, 3.63) is 35.4 Å². The predicted octanol–water partition coefficient (Wildman–Crippen LogP) is 3.69. The fraction of sp³-hybridized carbons (Fsp3) is 0.688. The lowest BCUT2D eigenvalue weighted by Gasteiger charge is -2.27. The third-order valence-corrected chi connectivity index (χ3v) is 7.32. The van der Waals surface area contributed by atoms with E-state index in [4.69, 9.17) is 14.6 Å². The Hall–Kier alpha value is -3.36. The summed E-state index contributed by atoms with van der Waals surface area (Å²) < 4.78 is 10.1. The number of fused-ring (bicyclic) bond motifs is 1. The molecule has 0 radical (unpaired) electrons. The maximum Gasteiger partial charge on any atom is 0.475 e. The highest BCUT2D eigenvalue weighted by molar-refractivity contribution is 6.43. The molecular formula is C32H55BN4O9. The molecule has 0 aliphatic carbocycles. The first-order chi connectivity index (χ1) is 21.8. The van der Waals surface area contributed by atoms with Gasteiger partial charge in [0.15, 0.2) is 0 Å². The Morgan fingerprint density at radius 2 is 1.59 bits per heavy atom. The Labute approximate surface area is 274 Å². The van der Waals surface area contributed by atoms with Gasteiger partial charge >= 0.3 is 19.3 Å². The van der Waals surface area contributed by atoms with Crippen LogP contribution in [0.1, 0.15) is 97.1 Å². The van der Waals surface area contributed by atoms with Crippen LogP contribution in [0.4, 0.5) is 9.59 Å². The number of amides is 4. The van der Waals surface area contributed by atoms with Crippen molar-refractivity contribution in [2.45, 2.75) is 117 Å². The van der Waals surface area contributed by atoms with E-state index in [0.29, 0.717) is 38.9 Å². The Bertz CT molecular complexity index is 1060. The molecule has 5 N–H and O–H groups in total. The maximum absolute atomic E-state index is 12.8. The highest BCUT2D eigenvalue weighted by Crippen LogP contribution is 2.22. The average Bonchev–Trinajstić information content (AvgIpc) is 3.67. The Morgan fingerprint density at radius 1 is 1.00 bits per heavy atom. The second kappa shape index (κ2) is 21.4. The molecular weight excluding hydrogens is 595 g/mol. The Morgan fingerprint density at radius 3 is 2.13 bits per heavy atom. The molecule has 0 aromatic heterocycles. The number of carbonyl (C=O) groups is 4. The number of hydrogen-bond acceptors (Lipinski definition) is 8. The second-order valence-electron chi connectivity index (χ2n) is 12.1. The van der Waals surface area contributed by atoms with Crippen molar-refractivity contribution in [2.24, 2.45) is 0 Å². The number of likely N-dealkylation sites (tertiary alicyclic amines) is 1. The third kappa shape index (κ3) is 15.3. The van der Waals surface area contributed by atoms with E-state index >= 15 is 0 Å². The maximum atomic E-state index is 12.8. The smallest absolute Gasteiger partial charge is 0.465 e. The van der Waals surface area contributed by atoms with Crippen molar-refractivity contribution in [2.75, 3.05) is 26.8 Å². The summed E-state index contributed by atoms with van der Waals surface area (Å²) in [6.07, 6.45) is 4.77. The molecule has 0 saturated carbocycles. The van der Waals surface area contributed by atoms with Gasteiger partial charge in [-0.15, -0.1) is 0 Å². The normalized spacial score (nSPS) is 15.8. The molecule has 2 atom stereocenters. The van der Waals surface area contributed by atoms with Crippen LogP contribution in [-0.2, 0) is 32.2 Å². The van der Waals surface area contributed by atoms with Crippen molar-refractivity contribution in [1.82, 2.24) is 20.4 Å². The summed E-state index contributed by atoms with van der Waals surface area (Å²) in [7, 11) is -0.00112. The Balaban J connectivity index is 0.000000619. The molecule has 0 spiro atoms. The number of ether oxygens (including phenoxy) is 2. The number of carboxylic acid groups (broad SMARTS) is 1. The molecule has 2 unspecified atom stereocenters. The van der Waals surface area contributed by atoms with E-state index in [-0.39, 0.29) is 12.5 Å². The van der Waals surface area contributed by atoms with Crippen molar-refractivity contribution in [1.29, 1.82) is 0 Å². The number of hydrogen-bond donors (Lipinski definition) is 5. The molecule has 46 heavy (non-hydrogen) atoms. The number of unbranched alkanes of at least 4 members (excludes halogenated alkanes) is 4. The first kappa shape index (κ1) is 40.7. The lowest BCUT2D eigenvalue weighted by Crippen LogP contribution is -2.54. The fourth-order valence-electron chi connectivity index (χ4n) is 5.09. The topological polar surface area (TPSA) is 178 Å². The highest BCUT2D eigenvalue weighted by Gasteiger charge is 2.36. The van der Waals surface area contributed by atoms with Crippen LogP contribution in [0.5, 0.6) is 0 Å². The SMILES string of the molecule is CC.COCCCCCCCC(NC(=O)C1CCCN1C(=O)CNC(=O)OC(C)(C)C)B(O)O.O=C(O)N1Cc2ccccc2C1. The summed E-state index contributed by atoms with van der Waals surface area (Å²) in [6.45, 7) is 11.1. The van der Waals surface area contributed by atoms with Gasteiger partial charge in [0.1, 0.15) is 18.2 Å². The third-order valence-electron chi connectivity index (χ3n) is 7.32. The van der Waals surface area contributed by atoms with Gasteiger partial charge in [-0.3, -0.25) is 14.5 Å². The van der Waals surface area contributed by atoms with Crippen molar-refractivity contribution in [3.63, 3.8) is 0 Å². The van der Waals surface area contributed by atoms with Gasteiger partial charge in [-0.2, -0.15) is 0 Å². The van der Waals surface area contributed by atoms with E-state index in [9.17, 15) is 29.2 Å². The van der Waals surface area contributed by atoms with E-state index < -0.39 is 42.8 Å². The predicted molar refractivity (Wildman–Crippen MR) is 176 cm³/mol. The summed E-state index contributed by atoms with van der Waals surface area (Å²) in [4.78, 5) is 50.5. The summed E-state index contributed by atoms with van der Waals surface area (Å²) in [5, 5.41) is 33.2. The molecule has 13 nitrogen and oxygen atoms in total. The lowest BCUT2D eigenvalue weighted by atomic mass is 9.76. The standard InChI is InChI=1S/C21H40BN3O7.C9H9NO2.C2H6/c1-21(2,3)32-20(28)23-15-18(26)25-13-10-11-16(25)19(27)24-17(22(29)30)12-8-6-5-7-9-14-31-4;11-9(12)10-5-7-3-1-2-4-8(7)6-10;1-2/h16-17,29-30H,5-15H2,1-4H3,(H,23,28)(H,24,27);1-4H,5-6H2,(H,11,12);1-2H3. The van der Waals surface area contributed by atoms with Crippen LogP contribution in [0, 0.1) is 0 Å². The number of methoxy groups -OCH3 is 1. The van der Waals surface area contributed by atoms with E-state index in [0.717, 1.165) is 49.8 Å². The van der Waals surface area contributed by atoms with E-state index in [1.807, 2.05) is 38.1 Å². The van der Waals surface area contributed by atoms with Gasteiger partial charge in [0.05, 0.1) is 5.94 Å². The molecule has 4 amide bonds. The first-order valence-electron chi connectivity index (χ1n) is 16.3. The summed E-state index contributed by atoms with van der Waals surface area (Å²) in [5.41, 5.74) is 1.58. The first-order valence-corrected chi connectivity index (χ1v) is 16.3. The molecule has 2 aliphatic heterocycles. The van der Waals surface area contributed by atoms with Gasteiger partial charge in [-0.25, -0.2) is 9.59 Å². The molecule has 1 fully saturated rings. The van der Waals surface area contributed by atoms with Gasteiger partial charge < -0.3 is 40.2 Å². The number of nitrogens with one attached hydrogen (secondary N) is 2. The molecule has 2 aliphatic rings. The molecule has 260 valence electrons. The largest absolute Gasteiger partial charge is 0.475 e. The zero-order valence-corrected chi connectivity index (χ0v) is 28.4. The highest BCUT2D eigenvalue weighted by atomic mass is 16.6. The van der Waals surface area contributed by atoms with Crippen molar-refractivity contribution >= 4 is 31.1 Å². The van der Waals surface area contributed by atoms with Crippen molar-refractivity contribution < 1.29 is 43.8 Å². The lowest BCUT2D eigenvalue weighted by molar-refractivity contribution is -0.137. The van der Waals surface area contributed by atoms with Gasteiger partial charge in [-0.05, 0) is 57.6 Å².